The average Bonchev–Trinajstić information content (AvgIpc) is 2.48. The van der Waals surface area contributed by atoms with Gasteiger partial charge >= 0.3 is 6.03 Å². The van der Waals surface area contributed by atoms with Crippen LogP contribution in [0.1, 0.15) is 31.2 Å². The number of carbonyl (C=O) groups excluding carboxylic acids is 1. The number of ether oxygens (including phenoxy) is 1. The van der Waals surface area contributed by atoms with Crippen molar-refractivity contribution < 1.29 is 9.53 Å². The van der Waals surface area contributed by atoms with Gasteiger partial charge in [-0.1, -0.05) is 23.7 Å². The van der Waals surface area contributed by atoms with Crippen LogP contribution in [0.3, 0.4) is 0 Å². The molecule has 1 saturated heterocycles. The zero-order valence-corrected chi connectivity index (χ0v) is 13.0. The number of hydrogen-bond donors (Lipinski definition) is 2. The van der Waals surface area contributed by atoms with Crippen molar-refractivity contribution >= 4 is 17.6 Å². The number of benzene rings is 1. The molecule has 5 heteroatoms. The fraction of sp³-hybridized carbons (Fsp3) is 0.562. The smallest absolute Gasteiger partial charge is 0.315 e. The number of carbonyl (C=O) groups is 1. The molecule has 4 nitrogen and oxygen atoms in total. The van der Waals surface area contributed by atoms with Gasteiger partial charge in [-0.25, -0.2) is 4.79 Å². The number of urea groups is 1. The number of aryl methyl sites for hydroxylation is 1. The topological polar surface area (TPSA) is 50.4 Å². The van der Waals surface area contributed by atoms with Crippen molar-refractivity contribution in [1.29, 1.82) is 0 Å². The third-order valence-electron chi connectivity index (χ3n) is 3.62. The summed E-state index contributed by atoms with van der Waals surface area (Å²) in [6.45, 7) is 2.19. The molecule has 0 aromatic heterocycles. The van der Waals surface area contributed by atoms with Crippen molar-refractivity contribution in [3.8, 4) is 0 Å². The van der Waals surface area contributed by atoms with Gasteiger partial charge in [-0.3, -0.25) is 0 Å². The van der Waals surface area contributed by atoms with Gasteiger partial charge in [0, 0.05) is 30.8 Å². The normalized spacial score (nSPS) is 15.7. The van der Waals surface area contributed by atoms with Gasteiger partial charge in [0.2, 0.25) is 0 Å². The standard InChI is InChI=1S/C16H23ClN2O2/c17-14-6-3-5-13(12-14)4-1-2-9-18-16(20)19-15-7-10-21-11-8-15/h3,5-6,12,15H,1-2,4,7-11H2,(H2,18,19,20). The van der Waals surface area contributed by atoms with Gasteiger partial charge in [0.15, 0.2) is 0 Å². The second kappa shape index (κ2) is 8.90. The number of halogens is 1. The van der Waals surface area contributed by atoms with E-state index in [0.29, 0.717) is 6.54 Å². The molecule has 1 aliphatic heterocycles. The van der Waals surface area contributed by atoms with Crippen LogP contribution in [0, 0.1) is 0 Å². The van der Waals surface area contributed by atoms with Crippen molar-refractivity contribution in [3.63, 3.8) is 0 Å². The summed E-state index contributed by atoms with van der Waals surface area (Å²) in [6, 6.07) is 8.11. The number of unbranched alkanes of at least 4 members (excludes halogenated alkanes) is 1. The molecule has 1 aromatic carbocycles. The lowest BCUT2D eigenvalue weighted by atomic mass is 10.1. The summed E-state index contributed by atoms with van der Waals surface area (Å²) in [5.74, 6) is 0. The van der Waals surface area contributed by atoms with Crippen LogP contribution in [0.5, 0.6) is 0 Å². The molecule has 0 atom stereocenters. The molecule has 0 bridgehead atoms. The monoisotopic (exact) mass is 310 g/mol. The Morgan fingerprint density at radius 3 is 2.86 bits per heavy atom. The third kappa shape index (κ3) is 6.36. The van der Waals surface area contributed by atoms with Gasteiger partial charge in [-0.2, -0.15) is 0 Å². The molecule has 1 heterocycles. The van der Waals surface area contributed by atoms with Crippen molar-refractivity contribution in [3.05, 3.63) is 34.9 Å². The molecule has 1 fully saturated rings. The second-order valence-corrected chi connectivity index (χ2v) is 5.81. The lowest BCUT2D eigenvalue weighted by Crippen LogP contribution is -2.44. The highest BCUT2D eigenvalue weighted by Crippen LogP contribution is 2.12. The van der Waals surface area contributed by atoms with E-state index in [4.69, 9.17) is 16.3 Å². The number of nitrogens with one attached hydrogen (secondary N) is 2. The van der Waals surface area contributed by atoms with Crippen molar-refractivity contribution in [2.45, 2.75) is 38.1 Å². The first kappa shape index (κ1) is 16.1. The minimum atomic E-state index is -0.0651. The molecule has 0 saturated carbocycles. The Bertz CT molecular complexity index is 448. The summed E-state index contributed by atoms with van der Waals surface area (Å²) in [6.07, 6.45) is 4.81. The van der Waals surface area contributed by atoms with Gasteiger partial charge in [0.05, 0.1) is 0 Å². The van der Waals surface area contributed by atoms with E-state index in [-0.39, 0.29) is 12.1 Å². The maximum Gasteiger partial charge on any atom is 0.315 e. The van der Waals surface area contributed by atoms with Crippen LogP contribution >= 0.6 is 11.6 Å². The van der Waals surface area contributed by atoms with Crippen LogP contribution < -0.4 is 10.6 Å². The van der Waals surface area contributed by atoms with Gasteiger partial charge in [-0.15, -0.1) is 0 Å². The molecule has 2 amide bonds. The summed E-state index contributed by atoms with van der Waals surface area (Å²) in [7, 11) is 0. The fourth-order valence-electron chi connectivity index (χ4n) is 2.43. The van der Waals surface area contributed by atoms with Crippen LogP contribution in [-0.4, -0.2) is 31.8 Å². The lowest BCUT2D eigenvalue weighted by Gasteiger charge is -2.23. The van der Waals surface area contributed by atoms with Gasteiger partial charge < -0.3 is 15.4 Å². The fourth-order valence-corrected chi connectivity index (χ4v) is 2.64. The third-order valence-corrected chi connectivity index (χ3v) is 3.86. The molecule has 116 valence electrons. The van der Waals surface area contributed by atoms with E-state index in [0.717, 1.165) is 50.3 Å². The predicted octanol–water partition coefficient (Wildman–Crippen LogP) is 3.14. The zero-order chi connectivity index (χ0) is 14.9. The highest BCUT2D eigenvalue weighted by Gasteiger charge is 2.15. The molecule has 2 rings (SSSR count). The number of hydrogen-bond acceptors (Lipinski definition) is 2. The molecule has 0 unspecified atom stereocenters. The van der Waals surface area contributed by atoms with E-state index in [9.17, 15) is 4.79 Å². The Balaban J connectivity index is 1.53. The maximum absolute atomic E-state index is 11.7. The molecular formula is C16H23ClN2O2. The summed E-state index contributed by atoms with van der Waals surface area (Å²) in [5.41, 5.74) is 1.24. The van der Waals surface area contributed by atoms with Gasteiger partial charge in [-0.05, 0) is 49.8 Å². The minimum absolute atomic E-state index is 0.0651. The average molecular weight is 311 g/mol. The first-order chi connectivity index (χ1) is 10.2. The first-order valence-electron chi connectivity index (χ1n) is 7.60. The van der Waals surface area contributed by atoms with E-state index in [2.05, 4.69) is 16.7 Å². The minimum Gasteiger partial charge on any atom is -0.381 e. The molecule has 1 aliphatic rings. The first-order valence-corrected chi connectivity index (χ1v) is 7.98. The lowest BCUT2D eigenvalue weighted by molar-refractivity contribution is 0.0801. The molecular weight excluding hydrogens is 288 g/mol. The maximum atomic E-state index is 11.7. The summed E-state index contributed by atoms with van der Waals surface area (Å²) in [4.78, 5) is 11.7. The molecule has 21 heavy (non-hydrogen) atoms. The van der Waals surface area contributed by atoms with Crippen molar-refractivity contribution in [2.75, 3.05) is 19.8 Å². The Hall–Kier alpha value is -1.26. The summed E-state index contributed by atoms with van der Waals surface area (Å²) < 4.78 is 5.26. The van der Waals surface area contributed by atoms with E-state index in [1.54, 1.807) is 0 Å². The molecule has 2 N–H and O–H groups in total. The van der Waals surface area contributed by atoms with Crippen LogP contribution in [0.2, 0.25) is 5.02 Å². The predicted molar refractivity (Wildman–Crippen MR) is 84.8 cm³/mol. The van der Waals surface area contributed by atoms with E-state index in [1.807, 2.05) is 18.2 Å². The number of amides is 2. The Kier molecular flexibility index (Phi) is 6.83. The van der Waals surface area contributed by atoms with Crippen molar-refractivity contribution in [1.82, 2.24) is 10.6 Å². The zero-order valence-electron chi connectivity index (χ0n) is 12.2. The molecule has 0 spiro atoms. The second-order valence-electron chi connectivity index (χ2n) is 5.37. The van der Waals surface area contributed by atoms with Gasteiger partial charge in [0.25, 0.3) is 0 Å². The number of rotatable bonds is 6. The van der Waals surface area contributed by atoms with E-state index < -0.39 is 0 Å². The SMILES string of the molecule is O=C(NCCCCc1cccc(Cl)c1)NC1CCOCC1. The molecule has 0 aliphatic carbocycles. The largest absolute Gasteiger partial charge is 0.381 e. The van der Waals surface area contributed by atoms with Crippen LogP contribution in [0.25, 0.3) is 0 Å². The Morgan fingerprint density at radius 2 is 2.10 bits per heavy atom. The summed E-state index contributed by atoms with van der Waals surface area (Å²) in [5, 5.41) is 6.68. The molecule has 0 radical (unpaired) electrons. The van der Waals surface area contributed by atoms with E-state index >= 15 is 0 Å². The van der Waals surface area contributed by atoms with Crippen LogP contribution in [0.4, 0.5) is 4.79 Å². The Morgan fingerprint density at radius 1 is 1.29 bits per heavy atom. The quantitative estimate of drug-likeness (QED) is 0.793. The molecule has 1 aromatic rings. The van der Waals surface area contributed by atoms with Crippen LogP contribution in [-0.2, 0) is 11.2 Å². The highest BCUT2D eigenvalue weighted by molar-refractivity contribution is 6.30. The highest BCUT2D eigenvalue weighted by atomic mass is 35.5. The Labute approximate surface area is 131 Å². The summed E-state index contributed by atoms with van der Waals surface area (Å²) >= 11 is 5.94. The van der Waals surface area contributed by atoms with Crippen LogP contribution in [0.15, 0.2) is 24.3 Å². The van der Waals surface area contributed by atoms with Gasteiger partial charge in [0.1, 0.15) is 0 Å². The van der Waals surface area contributed by atoms with Crippen molar-refractivity contribution in [2.24, 2.45) is 0 Å². The van der Waals surface area contributed by atoms with E-state index in [1.165, 1.54) is 5.56 Å².